The van der Waals surface area contributed by atoms with E-state index in [4.69, 9.17) is 4.52 Å². The molecule has 2 aromatic heterocycles. The van der Waals surface area contributed by atoms with Crippen molar-refractivity contribution in [1.82, 2.24) is 20.3 Å². The Balaban J connectivity index is 1.66. The van der Waals surface area contributed by atoms with Crippen LogP contribution < -0.4 is 5.32 Å². The van der Waals surface area contributed by atoms with E-state index in [1.807, 2.05) is 40.2 Å². The maximum atomic E-state index is 12.6. The maximum Gasteiger partial charge on any atom is 0.252 e. The lowest BCUT2D eigenvalue weighted by molar-refractivity contribution is 0.0933. The standard InChI is InChI=1S/C19H28N4O2S/c1-12(8-22(4)5)20-19(24)17-11-26-18-10-23(7-6-15(17)18)9-16-13(2)21-25-14(16)3/h11-12H,6-10H2,1-5H3,(H,20,24)/t12-/m0/s1. The van der Waals surface area contributed by atoms with Gasteiger partial charge in [-0.15, -0.1) is 11.3 Å². The van der Waals surface area contributed by atoms with E-state index in [0.717, 1.165) is 49.6 Å². The van der Waals surface area contributed by atoms with Gasteiger partial charge in [0.25, 0.3) is 5.91 Å². The van der Waals surface area contributed by atoms with Crippen LogP contribution in [-0.4, -0.2) is 54.1 Å². The molecule has 1 aliphatic rings. The molecule has 3 heterocycles. The Morgan fingerprint density at radius 3 is 2.88 bits per heavy atom. The van der Waals surface area contributed by atoms with E-state index < -0.39 is 0 Å². The SMILES string of the molecule is Cc1noc(C)c1CN1CCc2c(C(=O)N[C@@H](C)CN(C)C)csc2C1. The Morgan fingerprint density at radius 2 is 2.23 bits per heavy atom. The fourth-order valence-corrected chi connectivity index (χ4v) is 4.67. The Morgan fingerprint density at radius 1 is 1.46 bits per heavy atom. The van der Waals surface area contributed by atoms with Crippen molar-refractivity contribution >= 4 is 17.2 Å². The van der Waals surface area contributed by atoms with Crippen LogP contribution in [0, 0.1) is 13.8 Å². The Labute approximate surface area is 159 Å². The van der Waals surface area contributed by atoms with Crippen LogP contribution in [-0.2, 0) is 19.5 Å². The molecule has 0 unspecified atom stereocenters. The minimum atomic E-state index is 0.0519. The molecule has 0 aromatic carbocycles. The lowest BCUT2D eigenvalue weighted by Crippen LogP contribution is -2.40. The van der Waals surface area contributed by atoms with Gasteiger partial charge >= 0.3 is 0 Å². The molecule has 26 heavy (non-hydrogen) atoms. The summed E-state index contributed by atoms with van der Waals surface area (Å²) in [7, 11) is 4.03. The predicted octanol–water partition coefficient (Wildman–Crippen LogP) is 2.59. The van der Waals surface area contributed by atoms with Crippen molar-refractivity contribution < 1.29 is 9.32 Å². The van der Waals surface area contributed by atoms with Crippen LogP contribution in [0.15, 0.2) is 9.90 Å². The summed E-state index contributed by atoms with van der Waals surface area (Å²) in [5.41, 5.74) is 4.22. The van der Waals surface area contributed by atoms with Gasteiger partial charge in [-0.2, -0.15) is 0 Å². The van der Waals surface area contributed by atoms with Crippen LogP contribution in [0.1, 0.15) is 44.7 Å². The lowest BCUT2D eigenvalue weighted by atomic mass is 10.0. The molecule has 1 amide bonds. The number of hydrogen-bond acceptors (Lipinski definition) is 6. The number of amides is 1. The van der Waals surface area contributed by atoms with Gasteiger partial charge in [-0.25, -0.2) is 0 Å². The van der Waals surface area contributed by atoms with Crippen LogP contribution in [0.3, 0.4) is 0 Å². The zero-order valence-corrected chi connectivity index (χ0v) is 17.1. The Kier molecular flexibility index (Phi) is 5.79. The lowest BCUT2D eigenvalue weighted by Gasteiger charge is -2.27. The second-order valence-electron chi connectivity index (χ2n) is 7.45. The third-order valence-electron chi connectivity index (χ3n) is 4.85. The predicted molar refractivity (Wildman–Crippen MR) is 104 cm³/mol. The second-order valence-corrected chi connectivity index (χ2v) is 8.42. The topological polar surface area (TPSA) is 61.6 Å². The van der Waals surface area contributed by atoms with Gasteiger partial charge in [0.2, 0.25) is 0 Å². The summed E-state index contributed by atoms with van der Waals surface area (Å²) in [5.74, 6) is 0.949. The van der Waals surface area contributed by atoms with Gasteiger partial charge in [-0.05, 0) is 46.9 Å². The van der Waals surface area contributed by atoms with Crippen LogP contribution in [0.2, 0.25) is 0 Å². The highest BCUT2D eigenvalue weighted by Crippen LogP contribution is 2.30. The monoisotopic (exact) mass is 376 g/mol. The average molecular weight is 377 g/mol. The van der Waals surface area contributed by atoms with E-state index in [9.17, 15) is 4.79 Å². The molecule has 6 nitrogen and oxygen atoms in total. The fourth-order valence-electron chi connectivity index (χ4n) is 3.55. The van der Waals surface area contributed by atoms with E-state index in [0.29, 0.717) is 0 Å². The van der Waals surface area contributed by atoms with E-state index in [-0.39, 0.29) is 11.9 Å². The first-order valence-electron chi connectivity index (χ1n) is 9.04. The van der Waals surface area contributed by atoms with Crippen LogP contribution in [0.5, 0.6) is 0 Å². The van der Waals surface area contributed by atoms with Crippen molar-refractivity contribution in [2.24, 2.45) is 0 Å². The molecule has 1 atom stereocenters. The molecule has 0 saturated heterocycles. The van der Waals surface area contributed by atoms with Gasteiger partial charge in [-0.1, -0.05) is 5.16 Å². The summed E-state index contributed by atoms with van der Waals surface area (Å²) in [6.45, 7) is 9.51. The molecule has 0 fully saturated rings. The first kappa shape index (κ1) is 19.1. The molecule has 0 bridgehead atoms. The largest absolute Gasteiger partial charge is 0.361 e. The average Bonchev–Trinajstić information content (AvgIpc) is 3.12. The van der Waals surface area contributed by atoms with Gasteiger partial charge in [0, 0.05) is 48.0 Å². The van der Waals surface area contributed by atoms with Crippen molar-refractivity contribution in [3.63, 3.8) is 0 Å². The molecule has 2 aromatic rings. The number of carbonyl (C=O) groups excluding carboxylic acids is 1. The third-order valence-corrected chi connectivity index (χ3v) is 5.86. The number of rotatable bonds is 6. The molecular formula is C19H28N4O2S. The first-order valence-corrected chi connectivity index (χ1v) is 9.92. The van der Waals surface area contributed by atoms with Gasteiger partial charge in [0.1, 0.15) is 5.76 Å². The number of aromatic nitrogens is 1. The maximum absolute atomic E-state index is 12.6. The highest BCUT2D eigenvalue weighted by atomic mass is 32.1. The van der Waals surface area contributed by atoms with Crippen LogP contribution in [0.4, 0.5) is 0 Å². The zero-order valence-electron chi connectivity index (χ0n) is 16.3. The summed E-state index contributed by atoms with van der Waals surface area (Å²) in [5, 5.41) is 9.18. The van der Waals surface area contributed by atoms with Crippen molar-refractivity contribution in [1.29, 1.82) is 0 Å². The van der Waals surface area contributed by atoms with E-state index >= 15 is 0 Å². The zero-order chi connectivity index (χ0) is 18.8. The smallest absolute Gasteiger partial charge is 0.252 e. The summed E-state index contributed by atoms with van der Waals surface area (Å²) in [6, 6.07) is 0.132. The summed E-state index contributed by atoms with van der Waals surface area (Å²) < 4.78 is 5.28. The van der Waals surface area contributed by atoms with Gasteiger partial charge < -0.3 is 14.7 Å². The quantitative estimate of drug-likeness (QED) is 0.840. The van der Waals surface area contributed by atoms with Crippen molar-refractivity contribution in [2.45, 2.75) is 46.3 Å². The van der Waals surface area contributed by atoms with E-state index in [2.05, 4.69) is 20.3 Å². The fraction of sp³-hybridized carbons (Fsp3) is 0.579. The third kappa shape index (κ3) is 4.16. The molecule has 7 heteroatoms. The van der Waals surface area contributed by atoms with Gasteiger partial charge in [-0.3, -0.25) is 9.69 Å². The molecule has 0 spiro atoms. The number of nitrogens with one attached hydrogen (secondary N) is 1. The van der Waals surface area contributed by atoms with Crippen molar-refractivity contribution in [3.05, 3.63) is 38.4 Å². The van der Waals surface area contributed by atoms with Crippen LogP contribution >= 0.6 is 11.3 Å². The molecule has 0 aliphatic carbocycles. The molecule has 0 saturated carbocycles. The molecule has 1 N–H and O–H groups in total. The number of fused-ring (bicyclic) bond motifs is 1. The summed E-state index contributed by atoms with van der Waals surface area (Å²) >= 11 is 1.69. The first-order chi connectivity index (χ1) is 12.3. The van der Waals surface area contributed by atoms with Crippen molar-refractivity contribution in [2.75, 3.05) is 27.2 Å². The summed E-state index contributed by atoms with van der Waals surface area (Å²) in [6.07, 6.45) is 0.910. The molecular weight excluding hydrogens is 348 g/mol. The molecule has 1 aliphatic heterocycles. The minimum Gasteiger partial charge on any atom is -0.361 e. The second kappa shape index (κ2) is 7.90. The number of hydrogen-bond donors (Lipinski definition) is 1. The minimum absolute atomic E-state index is 0.0519. The van der Waals surface area contributed by atoms with Gasteiger partial charge in [0.05, 0.1) is 11.3 Å². The number of likely N-dealkylation sites (N-methyl/N-ethyl adjacent to an activating group) is 1. The van der Waals surface area contributed by atoms with Crippen molar-refractivity contribution in [3.8, 4) is 0 Å². The van der Waals surface area contributed by atoms with Crippen LogP contribution in [0.25, 0.3) is 0 Å². The Hall–Kier alpha value is -1.70. The number of nitrogens with zero attached hydrogens (tertiary/aromatic N) is 3. The highest BCUT2D eigenvalue weighted by Gasteiger charge is 2.25. The number of aryl methyl sites for hydroxylation is 2. The van der Waals surface area contributed by atoms with Gasteiger partial charge in [0.15, 0.2) is 0 Å². The summed E-state index contributed by atoms with van der Waals surface area (Å²) in [4.78, 5) is 18.4. The Bertz CT molecular complexity index is 761. The van der Waals surface area contributed by atoms with E-state index in [1.165, 1.54) is 16.0 Å². The molecule has 0 radical (unpaired) electrons. The highest BCUT2D eigenvalue weighted by molar-refractivity contribution is 7.10. The van der Waals surface area contributed by atoms with E-state index in [1.54, 1.807) is 11.3 Å². The number of thiophene rings is 1. The molecule has 142 valence electrons. The normalized spacial score (nSPS) is 15.9. The molecule has 3 rings (SSSR count). The number of carbonyl (C=O) groups is 1.